The monoisotopic (exact) mass is 317 g/mol. The van der Waals surface area contributed by atoms with Crippen LogP contribution in [0.4, 0.5) is 5.69 Å². The van der Waals surface area contributed by atoms with Gasteiger partial charge in [-0.05, 0) is 6.42 Å². The normalized spacial score (nSPS) is 12.7. The number of carbonyl (C=O) groups is 2. The fourth-order valence-electron chi connectivity index (χ4n) is 1.45. The minimum Gasteiger partial charge on any atom is -0.358 e. The molecular weight excluding hydrogens is 298 g/mol. The maximum absolute atomic E-state index is 11.8. The summed E-state index contributed by atoms with van der Waals surface area (Å²) in [6.07, 6.45) is 3.98. The Morgan fingerprint density at radius 3 is 2.71 bits per heavy atom. The average Bonchev–Trinajstić information content (AvgIpc) is 2.81. The highest BCUT2D eigenvalue weighted by atomic mass is 32.2. The molecule has 0 radical (unpaired) electrons. The lowest BCUT2D eigenvalue weighted by Crippen LogP contribution is -2.37. The molecule has 21 heavy (non-hydrogen) atoms. The van der Waals surface area contributed by atoms with Crippen LogP contribution in [0.25, 0.3) is 0 Å². The molecule has 0 aliphatic rings. The van der Waals surface area contributed by atoms with Crippen LogP contribution < -0.4 is 16.4 Å². The first-order valence-electron chi connectivity index (χ1n) is 6.18. The molecule has 0 aliphatic heterocycles. The van der Waals surface area contributed by atoms with Gasteiger partial charge in [0.05, 0.1) is 23.7 Å². The first-order chi connectivity index (χ1) is 9.71. The smallest absolute Gasteiger partial charge is 0.241 e. The van der Waals surface area contributed by atoms with Crippen molar-refractivity contribution in [3.63, 3.8) is 0 Å². The van der Waals surface area contributed by atoms with Crippen LogP contribution in [0.5, 0.6) is 0 Å². The number of anilines is 1. The Kier molecular flexibility index (Phi) is 5.85. The van der Waals surface area contributed by atoms with Crippen LogP contribution in [0.1, 0.15) is 6.42 Å². The zero-order valence-corrected chi connectivity index (χ0v) is 12.7. The summed E-state index contributed by atoms with van der Waals surface area (Å²) in [6.45, 7) is 0.0342. The molecule has 0 fully saturated rings. The van der Waals surface area contributed by atoms with E-state index >= 15 is 0 Å². The molecule has 4 N–H and O–H groups in total. The molecule has 0 saturated heterocycles. The quantitative estimate of drug-likeness (QED) is 0.550. The van der Waals surface area contributed by atoms with Gasteiger partial charge in [0, 0.05) is 19.5 Å². The van der Waals surface area contributed by atoms with Crippen molar-refractivity contribution in [2.24, 2.45) is 5.73 Å². The van der Waals surface area contributed by atoms with E-state index in [1.54, 1.807) is 0 Å². The van der Waals surface area contributed by atoms with Gasteiger partial charge in [-0.25, -0.2) is 8.42 Å². The molecule has 0 aromatic carbocycles. The number of carbonyl (C=O) groups excluding carboxylic acids is 2. The summed E-state index contributed by atoms with van der Waals surface area (Å²) < 4.78 is 23.4. The highest BCUT2D eigenvalue weighted by molar-refractivity contribution is 7.90. The molecule has 0 spiro atoms. The van der Waals surface area contributed by atoms with E-state index in [1.807, 2.05) is 0 Å². The number of likely N-dealkylation sites (N-methyl/N-ethyl adjacent to an activating group) is 1. The number of amides is 2. The van der Waals surface area contributed by atoms with Gasteiger partial charge in [-0.3, -0.25) is 14.3 Å². The molecule has 2 amide bonds. The van der Waals surface area contributed by atoms with Crippen LogP contribution in [0.3, 0.4) is 0 Å². The van der Waals surface area contributed by atoms with Crippen LogP contribution >= 0.6 is 0 Å². The molecule has 0 bridgehead atoms. The zero-order chi connectivity index (χ0) is 16.0. The predicted octanol–water partition coefficient (Wildman–Crippen LogP) is -1.67. The molecule has 1 unspecified atom stereocenters. The van der Waals surface area contributed by atoms with Crippen LogP contribution in [-0.4, -0.2) is 55.1 Å². The summed E-state index contributed by atoms with van der Waals surface area (Å²) in [5.41, 5.74) is 6.00. The van der Waals surface area contributed by atoms with Gasteiger partial charge in [0.1, 0.15) is 16.4 Å². The molecule has 9 nitrogen and oxygen atoms in total. The van der Waals surface area contributed by atoms with E-state index in [9.17, 15) is 18.0 Å². The summed E-state index contributed by atoms with van der Waals surface area (Å²) in [4.78, 5) is 22.9. The second kappa shape index (κ2) is 7.18. The highest BCUT2D eigenvalue weighted by Gasteiger charge is 2.16. The third-order valence-electron chi connectivity index (χ3n) is 2.62. The predicted molar refractivity (Wildman–Crippen MR) is 77.2 cm³/mol. The van der Waals surface area contributed by atoms with Gasteiger partial charge in [0.2, 0.25) is 11.8 Å². The van der Waals surface area contributed by atoms with E-state index in [1.165, 1.54) is 24.1 Å². The molecule has 1 aromatic rings. The van der Waals surface area contributed by atoms with Crippen LogP contribution in [0.15, 0.2) is 12.4 Å². The zero-order valence-electron chi connectivity index (χ0n) is 11.9. The second-order valence-corrected chi connectivity index (χ2v) is 6.87. The van der Waals surface area contributed by atoms with Crippen molar-refractivity contribution >= 4 is 27.3 Å². The van der Waals surface area contributed by atoms with Gasteiger partial charge in [0.25, 0.3) is 0 Å². The average molecular weight is 317 g/mol. The van der Waals surface area contributed by atoms with Crippen molar-refractivity contribution in [2.45, 2.75) is 19.0 Å². The van der Waals surface area contributed by atoms with Gasteiger partial charge in [0.15, 0.2) is 0 Å². The fourth-order valence-corrected chi connectivity index (χ4v) is 2.13. The molecule has 118 valence electrons. The standard InChI is InChI=1S/C11H19N5O4S/c1-13-10(17)7-16-6-8(5-14-16)15-11(18)9(12)3-4-21(2,19)20/h5-6,9H,3-4,7,12H2,1-2H3,(H,13,17)(H,15,18). The minimum atomic E-state index is -3.16. The maximum Gasteiger partial charge on any atom is 0.241 e. The SMILES string of the molecule is CNC(=O)Cn1cc(NC(=O)C(N)CCS(C)(=O)=O)cn1. The largest absolute Gasteiger partial charge is 0.358 e. The van der Waals surface area contributed by atoms with Gasteiger partial charge in [-0.2, -0.15) is 5.10 Å². The molecule has 1 heterocycles. The van der Waals surface area contributed by atoms with Crippen LogP contribution in [0.2, 0.25) is 0 Å². The highest BCUT2D eigenvalue weighted by Crippen LogP contribution is 2.06. The van der Waals surface area contributed by atoms with Gasteiger partial charge in [-0.15, -0.1) is 0 Å². The number of nitrogens with zero attached hydrogens (tertiary/aromatic N) is 2. The summed E-state index contributed by atoms with van der Waals surface area (Å²) in [5, 5.41) is 8.87. The number of nitrogens with two attached hydrogens (primary N) is 1. The van der Waals surface area contributed by atoms with Gasteiger partial charge >= 0.3 is 0 Å². The van der Waals surface area contributed by atoms with E-state index < -0.39 is 21.8 Å². The number of hydrogen-bond acceptors (Lipinski definition) is 6. The summed E-state index contributed by atoms with van der Waals surface area (Å²) >= 11 is 0. The lowest BCUT2D eigenvalue weighted by Gasteiger charge is -2.10. The number of aromatic nitrogens is 2. The summed E-state index contributed by atoms with van der Waals surface area (Å²) in [7, 11) is -1.65. The topological polar surface area (TPSA) is 136 Å². The first-order valence-corrected chi connectivity index (χ1v) is 8.24. The lowest BCUT2D eigenvalue weighted by atomic mass is 10.2. The first kappa shape index (κ1) is 17.1. The van der Waals surface area contributed by atoms with E-state index in [0.717, 1.165) is 6.26 Å². The van der Waals surface area contributed by atoms with Crippen molar-refractivity contribution in [1.82, 2.24) is 15.1 Å². The van der Waals surface area contributed by atoms with Crippen LogP contribution in [-0.2, 0) is 26.0 Å². The molecule has 1 aromatic heterocycles. The lowest BCUT2D eigenvalue weighted by molar-refractivity contribution is -0.121. The van der Waals surface area contributed by atoms with Crippen molar-refractivity contribution in [3.8, 4) is 0 Å². The Morgan fingerprint density at radius 2 is 2.14 bits per heavy atom. The molecule has 1 atom stereocenters. The summed E-state index contributed by atoms with van der Waals surface area (Å²) in [5.74, 6) is -0.878. The summed E-state index contributed by atoms with van der Waals surface area (Å²) in [6, 6.07) is -0.929. The van der Waals surface area contributed by atoms with Crippen molar-refractivity contribution < 1.29 is 18.0 Å². The molecule has 0 saturated carbocycles. The van der Waals surface area contributed by atoms with Gasteiger partial charge in [-0.1, -0.05) is 0 Å². The Bertz CT molecular complexity index is 610. The second-order valence-electron chi connectivity index (χ2n) is 4.61. The number of hydrogen-bond donors (Lipinski definition) is 3. The van der Waals surface area contributed by atoms with Crippen molar-refractivity contribution in [2.75, 3.05) is 24.4 Å². The third kappa shape index (κ3) is 6.36. The molecule has 1 rings (SSSR count). The maximum atomic E-state index is 11.8. The minimum absolute atomic E-state index is 0.0342. The number of nitrogens with one attached hydrogen (secondary N) is 2. The van der Waals surface area contributed by atoms with E-state index in [0.29, 0.717) is 5.69 Å². The van der Waals surface area contributed by atoms with Crippen molar-refractivity contribution in [1.29, 1.82) is 0 Å². The van der Waals surface area contributed by atoms with Gasteiger partial charge < -0.3 is 16.4 Å². The Morgan fingerprint density at radius 1 is 1.48 bits per heavy atom. The van der Waals surface area contributed by atoms with E-state index in [2.05, 4.69) is 15.7 Å². The number of sulfone groups is 1. The Hall–Kier alpha value is -1.94. The van der Waals surface area contributed by atoms with Crippen LogP contribution in [0, 0.1) is 0 Å². The number of rotatable bonds is 7. The van der Waals surface area contributed by atoms with E-state index in [-0.39, 0.29) is 24.6 Å². The molecule has 0 aliphatic carbocycles. The fraction of sp³-hybridized carbons (Fsp3) is 0.545. The Balaban J connectivity index is 2.53. The molecular formula is C11H19N5O4S. The van der Waals surface area contributed by atoms with E-state index in [4.69, 9.17) is 5.73 Å². The Labute approximate surface area is 122 Å². The third-order valence-corrected chi connectivity index (χ3v) is 3.60. The molecule has 10 heteroatoms. The van der Waals surface area contributed by atoms with Crippen molar-refractivity contribution in [3.05, 3.63) is 12.4 Å².